The fourth-order valence-electron chi connectivity index (χ4n) is 1.85. The van der Waals surface area contributed by atoms with Crippen LogP contribution in [0.4, 0.5) is 5.69 Å². The lowest BCUT2D eigenvalue weighted by Gasteiger charge is -2.09. The summed E-state index contributed by atoms with van der Waals surface area (Å²) in [7, 11) is 1.31. The number of methoxy groups -OCH3 is 1. The van der Waals surface area contributed by atoms with Gasteiger partial charge < -0.3 is 26.7 Å². The van der Waals surface area contributed by atoms with Crippen LogP contribution >= 0.6 is 0 Å². The highest BCUT2D eigenvalue weighted by Gasteiger charge is 2.09. The number of rotatable bonds is 4. The minimum Gasteiger partial charge on any atom is -0.465 e. The van der Waals surface area contributed by atoms with Crippen LogP contribution in [0.3, 0.4) is 0 Å². The fraction of sp³-hybridized carbons (Fsp3) is 0.0625. The normalized spacial score (nSPS) is 10.8. The van der Waals surface area contributed by atoms with Crippen LogP contribution in [-0.4, -0.2) is 25.0 Å². The SMILES string of the molecule is COC(=O)c1cccc(Oc2ccccc2N=C(N)N=C(N)N)c1. The van der Waals surface area contributed by atoms with Crippen LogP contribution in [0, 0.1) is 0 Å². The highest BCUT2D eigenvalue weighted by molar-refractivity contribution is 5.94. The highest BCUT2D eigenvalue weighted by atomic mass is 16.5. The molecule has 0 saturated carbocycles. The Hall–Kier alpha value is -3.55. The van der Waals surface area contributed by atoms with Gasteiger partial charge in [-0.15, -0.1) is 0 Å². The van der Waals surface area contributed by atoms with Gasteiger partial charge in [0, 0.05) is 0 Å². The number of benzene rings is 2. The van der Waals surface area contributed by atoms with Crippen LogP contribution in [0.25, 0.3) is 0 Å². The molecule has 2 aromatic carbocycles. The number of aliphatic imine (C=N–C) groups is 2. The maximum absolute atomic E-state index is 11.6. The van der Waals surface area contributed by atoms with Crippen molar-refractivity contribution < 1.29 is 14.3 Å². The number of esters is 1. The Kier molecular flexibility index (Phi) is 5.35. The molecule has 0 aromatic heterocycles. The molecule has 0 heterocycles. The molecule has 0 aliphatic carbocycles. The summed E-state index contributed by atoms with van der Waals surface area (Å²) < 4.78 is 10.5. The molecular formula is C16H17N5O3. The highest BCUT2D eigenvalue weighted by Crippen LogP contribution is 2.31. The summed E-state index contributed by atoms with van der Waals surface area (Å²) in [6, 6.07) is 13.5. The number of guanidine groups is 2. The molecule has 0 aliphatic heterocycles. The molecule has 0 spiro atoms. The van der Waals surface area contributed by atoms with Crippen molar-refractivity contribution >= 4 is 23.6 Å². The van der Waals surface area contributed by atoms with Gasteiger partial charge >= 0.3 is 5.97 Å². The quantitative estimate of drug-likeness (QED) is 0.442. The first-order valence-corrected chi connectivity index (χ1v) is 6.88. The standard InChI is InChI=1S/C16H17N5O3/c1-23-14(22)10-5-4-6-11(9-10)24-13-8-3-2-7-12(13)20-16(19)21-15(17)18/h2-9H,1H3,(H6,17,18,19,20,21). The Morgan fingerprint density at radius 3 is 2.50 bits per heavy atom. The summed E-state index contributed by atoms with van der Waals surface area (Å²) >= 11 is 0. The second kappa shape index (κ2) is 7.63. The summed E-state index contributed by atoms with van der Waals surface area (Å²) in [6.07, 6.45) is 0. The first kappa shape index (κ1) is 16.8. The summed E-state index contributed by atoms with van der Waals surface area (Å²) in [5, 5.41) is 0. The van der Waals surface area contributed by atoms with Gasteiger partial charge in [-0.1, -0.05) is 18.2 Å². The summed E-state index contributed by atoms with van der Waals surface area (Å²) in [6.45, 7) is 0. The van der Waals surface area contributed by atoms with Gasteiger partial charge in [-0.05, 0) is 30.3 Å². The van der Waals surface area contributed by atoms with Gasteiger partial charge in [0.1, 0.15) is 11.4 Å². The first-order valence-electron chi connectivity index (χ1n) is 6.88. The van der Waals surface area contributed by atoms with E-state index in [1.807, 2.05) is 0 Å². The Balaban J connectivity index is 2.31. The van der Waals surface area contributed by atoms with Gasteiger partial charge in [0.25, 0.3) is 0 Å². The number of carbonyl (C=O) groups is 1. The van der Waals surface area contributed by atoms with Gasteiger partial charge in [0.05, 0.1) is 12.7 Å². The van der Waals surface area contributed by atoms with Crippen molar-refractivity contribution in [3.63, 3.8) is 0 Å². The Morgan fingerprint density at radius 2 is 1.79 bits per heavy atom. The van der Waals surface area contributed by atoms with E-state index in [1.165, 1.54) is 7.11 Å². The molecule has 0 amide bonds. The molecule has 0 fully saturated rings. The molecule has 24 heavy (non-hydrogen) atoms. The van der Waals surface area contributed by atoms with E-state index in [-0.39, 0.29) is 11.9 Å². The third kappa shape index (κ3) is 4.47. The average Bonchev–Trinajstić information content (AvgIpc) is 2.55. The maximum Gasteiger partial charge on any atom is 0.337 e. The number of nitrogens with zero attached hydrogens (tertiary/aromatic N) is 2. The summed E-state index contributed by atoms with van der Waals surface area (Å²) in [5.41, 5.74) is 17.0. The molecule has 0 saturated heterocycles. The fourth-order valence-corrected chi connectivity index (χ4v) is 1.85. The van der Waals surface area contributed by atoms with E-state index in [0.717, 1.165) is 0 Å². The second-order valence-corrected chi connectivity index (χ2v) is 4.60. The monoisotopic (exact) mass is 327 g/mol. The molecule has 8 heteroatoms. The van der Waals surface area contributed by atoms with E-state index in [2.05, 4.69) is 14.7 Å². The molecule has 0 unspecified atom stereocenters. The van der Waals surface area contributed by atoms with E-state index in [4.69, 9.17) is 21.9 Å². The van der Waals surface area contributed by atoms with Crippen molar-refractivity contribution in [3.05, 3.63) is 54.1 Å². The average molecular weight is 327 g/mol. The topological polar surface area (TPSA) is 138 Å². The van der Waals surface area contributed by atoms with Crippen LogP contribution in [0.15, 0.2) is 58.5 Å². The number of hydrogen-bond donors (Lipinski definition) is 3. The van der Waals surface area contributed by atoms with E-state index < -0.39 is 5.97 Å². The van der Waals surface area contributed by atoms with Gasteiger partial charge in [-0.25, -0.2) is 9.79 Å². The maximum atomic E-state index is 11.6. The third-order valence-electron chi connectivity index (χ3n) is 2.83. The molecular weight excluding hydrogens is 310 g/mol. The Labute approximate surface area is 138 Å². The van der Waals surface area contributed by atoms with Crippen molar-refractivity contribution in [2.75, 3.05) is 7.11 Å². The smallest absolute Gasteiger partial charge is 0.337 e. The predicted molar refractivity (Wildman–Crippen MR) is 91.4 cm³/mol. The van der Waals surface area contributed by atoms with Gasteiger partial charge in [-0.3, -0.25) is 0 Å². The lowest BCUT2D eigenvalue weighted by Crippen LogP contribution is -2.26. The largest absolute Gasteiger partial charge is 0.465 e. The number of hydrogen-bond acceptors (Lipinski definition) is 4. The number of carbonyl (C=O) groups excluding carboxylic acids is 1. The second-order valence-electron chi connectivity index (χ2n) is 4.60. The Morgan fingerprint density at radius 1 is 1.04 bits per heavy atom. The lowest BCUT2D eigenvalue weighted by molar-refractivity contribution is 0.0600. The molecule has 0 atom stereocenters. The zero-order chi connectivity index (χ0) is 17.5. The summed E-state index contributed by atoms with van der Waals surface area (Å²) in [5.74, 6) is 0.118. The van der Waals surface area contributed by atoms with Gasteiger partial charge in [-0.2, -0.15) is 4.99 Å². The lowest BCUT2D eigenvalue weighted by atomic mass is 10.2. The van der Waals surface area contributed by atoms with Crippen LogP contribution in [-0.2, 0) is 4.74 Å². The minimum atomic E-state index is -0.455. The van der Waals surface area contributed by atoms with Gasteiger partial charge in [0.15, 0.2) is 11.7 Å². The molecule has 0 aliphatic rings. The molecule has 8 nitrogen and oxygen atoms in total. The Bertz CT molecular complexity index is 798. The molecule has 2 aromatic rings. The molecule has 124 valence electrons. The third-order valence-corrected chi connectivity index (χ3v) is 2.83. The van der Waals surface area contributed by atoms with Crippen molar-refractivity contribution in [2.24, 2.45) is 27.2 Å². The van der Waals surface area contributed by atoms with Crippen LogP contribution in [0.2, 0.25) is 0 Å². The number of para-hydroxylation sites is 2. The molecule has 0 bridgehead atoms. The van der Waals surface area contributed by atoms with Gasteiger partial charge in [0.2, 0.25) is 5.96 Å². The van der Waals surface area contributed by atoms with E-state index >= 15 is 0 Å². The van der Waals surface area contributed by atoms with Crippen LogP contribution < -0.4 is 21.9 Å². The van der Waals surface area contributed by atoms with Crippen molar-refractivity contribution in [3.8, 4) is 11.5 Å². The van der Waals surface area contributed by atoms with E-state index in [1.54, 1.807) is 48.5 Å². The zero-order valence-corrected chi connectivity index (χ0v) is 13.0. The van der Waals surface area contributed by atoms with Crippen LogP contribution in [0.5, 0.6) is 11.5 Å². The first-order chi connectivity index (χ1) is 11.5. The summed E-state index contributed by atoms with van der Waals surface area (Å²) in [4.78, 5) is 19.3. The van der Waals surface area contributed by atoms with Crippen LogP contribution in [0.1, 0.15) is 10.4 Å². The minimum absolute atomic E-state index is 0.102. The molecule has 2 rings (SSSR count). The number of ether oxygens (including phenoxy) is 2. The van der Waals surface area contributed by atoms with Crippen molar-refractivity contribution in [1.29, 1.82) is 0 Å². The van der Waals surface area contributed by atoms with E-state index in [9.17, 15) is 4.79 Å². The predicted octanol–water partition coefficient (Wildman–Crippen LogP) is 1.49. The zero-order valence-electron chi connectivity index (χ0n) is 13.0. The van der Waals surface area contributed by atoms with E-state index in [0.29, 0.717) is 22.7 Å². The molecule has 6 N–H and O–H groups in total. The number of nitrogens with two attached hydrogens (primary N) is 3. The van der Waals surface area contributed by atoms with Crippen molar-refractivity contribution in [1.82, 2.24) is 0 Å². The van der Waals surface area contributed by atoms with Crippen molar-refractivity contribution in [2.45, 2.75) is 0 Å². The molecule has 0 radical (unpaired) electrons.